The number of nitro groups is 1. The number of nitrogens with zero attached hydrogens (tertiary/aromatic N) is 5. The van der Waals surface area contributed by atoms with Gasteiger partial charge in [0.2, 0.25) is 6.79 Å². The summed E-state index contributed by atoms with van der Waals surface area (Å²) in [6, 6.07) is 62.5. The summed E-state index contributed by atoms with van der Waals surface area (Å²) in [5.74, 6) is 1.14. The molecule has 23 nitrogen and oxygen atoms in total. The van der Waals surface area contributed by atoms with Gasteiger partial charge in [0.1, 0.15) is 42.4 Å². The molecule has 0 saturated carbocycles. The van der Waals surface area contributed by atoms with Crippen molar-refractivity contribution in [3.8, 4) is 11.5 Å². The number of ether oxygens (including phenoxy) is 6. The van der Waals surface area contributed by atoms with E-state index in [4.69, 9.17) is 74.8 Å². The number of amides is 4. The summed E-state index contributed by atoms with van der Waals surface area (Å²) in [6.07, 6.45) is 2.15. The van der Waals surface area contributed by atoms with Gasteiger partial charge in [0.25, 0.3) is 5.69 Å². The largest absolute Gasteiger partial charge is 0.454 e. The topological polar surface area (TPSA) is 271 Å². The third kappa shape index (κ3) is 18.7. The SMILES string of the molecule is CC(C)c1ccc(C2NCCc3c2[nH]c2ccc(Br)cc32)cc1.CCOC(=O)N1CCc2c([nH]c3ccc(Br)cc23)C1c1cc(F)ccc1F.CCOC(=O)N1CCc2c([nH]c3ccc(Cl)cc23)C1c1ccc2c(c1)OCO2.COC(=O)N1CCc2c([nH]c3ccc(Cl)cc23)C1c1ccc([N+](=O)[O-])cc1.O=C(OCCCl)N1CCc2c([nH]c3ccc(Cl)cc23)C1c1ccccc1. The second kappa shape index (κ2) is 39.5. The van der Waals surface area contributed by atoms with Gasteiger partial charge in [-0.3, -0.25) is 29.7 Å². The van der Waals surface area contributed by atoms with Gasteiger partial charge in [0, 0.05) is 157 Å². The Labute approximate surface area is 789 Å². The molecule has 31 heteroatoms. The Hall–Kier alpha value is -12.1. The normalized spacial score (nSPS) is 16.9. The van der Waals surface area contributed by atoms with Crippen LogP contribution in [0.2, 0.25) is 15.1 Å². The maximum Gasteiger partial charge on any atom is 0.410 e. The summed E-state index contributed by atoms with van der Waals surface area (Å²) in [5.41, 5.74) is 21.5. The first-order chi connectivity index (χ1) is 63.4. The van der Waals surface area contributed by atoms with Crippen molar-refractivity contribution in [1.29, 1.82) is 0 Å². The van der Waals surface area contributed by atoms with E-state index in [9.17, 15) is 38.1 Å². The van der Waals surface area contributed by atoms with E-state index in [1.54, 1.807) is 33.8 Å². The van der Waals surface area contributed by atoms with Crippen molar-refractivity contribution in [2.24, 2.45) is 0 Å². The van der Waals surface area contributed by atoms with Gasteiger partial charge in [0.15, 0.2) is 11.5 Å². The Balaban J connectivity index is 0.000000115. The van der Waals surface area contributed by atoms with Crippen molar-refractivity contribution in [2.75, 3.05) is 72.3 Å². The molecular weight excluding hydrogens is 1890 g/mol. The summed E-state index contributed by atoms with van der Waals surface area (Å²) >= 11 is 31.3. The molecule has 10 aromatic carbocycles. The number of aromatic nitrogens is 5. The van der Waals surface area contributed by atoms with Crippen LogP contribution in [0.5, 0.6) is 11.5 Å². The first kappa shape index (κ1) is 90.8. The molecule has 674 valence electrons. The molecule has 0 aliphatic carbocycles. The number of nitrogens with one attached hydrogen (secondary N) is 6. The first-order valence-electron chi connectivity index (χ1n) is 43.1. The fraction of sp³-hybridized carbons (Fsp3) is 0.260. The zero-order valence-electron chi connectivity index (χ0n) is 71.9. The average Bonchev–Trinajstić information content (AvgIpc) is 1.61. The molecule has 4 amide bonds. The highest BCUT2D eigenvalue weighted by Crippen LogP contribution is 2.47. The van der Waals surface area contributed by atoms with Crippen molar-refractivity contribution in [3.05, 3.63) is 342 Å². The summed E-state index contributed by atoms with van der Waals surface area (Å²) < 4.78 is 62.3. The number of nitro benzene ring substituents is 1. The van der Waals surface area contributed by atoms with Gasteiger partial charge < -0.3 is 58.7 Å². The first-order valence-corrected chi connectivity index (χ1v) is 46.4. The number of rotatable bonds is 11. The fourth-order valence-electron chi connectivity index (χ4n) is 18.7. The molecule has 6 N–H and O–H groups in total. The average molecular weight is 1980 g/mol. The molecule has 0 spiro atoms. The molecule has 6 aliphatic heterocycles. The number of hydrogen-bond donors (Lipinski definition) is 6. The molecule has 15 aromatic rings. The molecule has 5 unspecified atom stereocenters. The zero-order chi connectivity index (χ0) is 91.6. The predicted octanol–water partition coefficient (Wildman–Crippen LogP) is 24.8. The lowest BCUT2D eigenvalue weighted by Crippen LogP contribution is -2.41. The number of H-pyrrole nitrogens is 5. The van der Waals surface area contributed by atoms with Crippen LogP contribution in [0.15, 0.2) is 215 Å². The monoisotopic (exact) mass is 1970 g/mol. The Morgan fingerprint density at radius 3 is 1.37 bits per heavy atom. The maximum atomic E-state index is 14.6. The van der Waals surface area contributed by atoms with Crippen LogP contribution in [-0.2, 0) is 51.1 Å². The quantitative estimate of drug-likeness (QED) is 0.0305. The number of fused-ring (bicyclic) bond motifs is 16. The van der Waals surface area contributed by atoms with Crippen LogP contribution in [0, 0.1) is 21.7 Å². The summed E-state index contributed by atoms with van der Waals surface area (Å²) in [4.78, 5) is 84.7. The number of halogens is 8. The number of methoxy groups -OCH3 is 1. The van der Waals surface area contributed by atoms with Crippen molar-refractivity contribution in [3.63, 3.8) is 0 Å². The van der Waals surface area contributed by atoms with Gasteiger partial charge in [0.05, 0.1) is 37.2 Å². The molecule has 0 saturated heterocycles. The number of hydrogen-bond acceptors (Lipinski definition) is 13. The molecule has 11 heterocycles. The lowest BCUT2D eigenvalue weighted by molar-refractivity contribution is -0.384. The zero-order valence-corrected chi connectivity index (χ0v) is 78.1. The summed E-state index contributed by atoms with van der Waals surface area (Å²) in [7, 11) is 1.34. The molecule has 5 aromatic heterocycles. The second-order valence-electron chi connectivity index (χ2n) is 32.6. The number of carbonyl (C=O) groups excluding carboxylic acids is 4. The van der Waals surface area contributed by atoms with E-state index in [1.807, 2.05) is 128 Å². The lowest BCUT2D eigenvalue weighted by Gasteiger charge is -2.35. The van der Waals surface area contributed by atoms with Crippen LogP contribution in [0.1, 0.15) is 153 Å². The summed E-state index contributed by atoms with van der Waals surface area (Å²) in [6.45, 7) is 11.9. The Morgan fingerprint density at radius 2 is 0.893 bits per heavy atom. The van der Waals surface area contributed by atoms with Crippen molar-refractivity contribution in [2.45, 2.75) is 95.9 Å². The van der Waals surface area contributed by atoms with Crippen LogP contribution in [-0.4, -0.2) is 146 Å². The highest BCUT2D eigenvalue weighted by molar-refractivity contribution is 9.10. The molecular formula is C100H91Br2Cl4F2N11O12. The predicted molar refractivity (Wildman–Crippen MR) is 512 cm³/mol. The highest BCUT2D eigenvalue weighted by atomic mass is 79.9. The highest BCUT2D eigenvalue weighted by Gasteiger charge is 2.42. The van der Waals surface area contributed by atoms with E-state index in [0.717, 1.165) is 141 Å². The minimum absolute atomic E-state index is 0.00262. The summed E-state index contributed by atoms with van der Waals surface area (Å²) in [5, 5.41) is 22.3. The maximum absolute atomic E-state index is 14.6. The van der Waals surface area contributed by atoms with Gasteiger partial charge in [-0.2, -0.15) is 0 Å². The third-order valence-electron chi connectivity index (χ3n) is 24.7. The third-order valence-corrected chi connectivity index (χ3v) is 26.5. The molecule has 21 rings (SSSR count). The number of non-ortho nitro benzene ring substituents is 1. The molecule has 0 fully saturated rings. The van der Waals surface area contributed by atoms with Gasteiger partial charge in [-0.1, -0.05) is 141 Å². The Kier molecular flexibility index (Phi) is 27.4. The van der Waals surface area contributed by atoms with E-state index in [1.165, 1.54) is 68.6 Å². The minimum Gasteiger partial charge on any atom is -0.454 e. The molecule has 6 aliphatic rings. The van der Waals surface area contributed by atoms with E-state index < -0.39 is 40.8 Å². The fourth-order valence-corrected chi connectivity index (χ4v) is 20.0. The van der Waals surface area contributed by atoms with Gasteiger partial charge in [-0.05, 0) is 241 Å². The lowest BCUT2D eigenvalue weighted by atomic mass is 9.92. The van der Waals surface area contributed by atoms with Crippen LogP contribution in [0.4, 0.5) is 33.6 Å². The molecule has 5 atom stereocenters. The smallest absolute Gasteiger partial charge is 0.410 e. The van der Waals surface area contributed by atoms with E-state index in [2.05, 4.69) is 118 Å². The van der Waals surface area contributed by atoms with E-state index >= 15 is 0 Å². The number of alkyl halides is 1. The van der Waals surface area contributed by atoms with Gasteiger partial charge >= 0.3 is 24.4 Å². The number of benzene rings is 10. The van der Waals surface area contributed by atoms with Crippen molar-refractivity contribution in [1.82, 2.24) is 49.8 Å². The number of aromatic amines is 5. The second-order valence-corrected chi connectivity index (χ2v) is 36.1. The van der Waals surface area contributed by atoms with Crippen molar-refractivity contribution < 1.29 is 61.3 Å². The standard InChI is InChI=1S/C21H19ClN2O4.C20H17BrF2N2O2.C20H21BrN2.C20H18Cl2N2O2.C19H16ClN3O4/c1-2-26-21(25)24-8-7-14-15-10-13(22)4-5-16(15)23-19(14)20(24)12-3-6-17-18(9-12)28-11-27-17;1-2-27-20(26)25-8-7-13-14-9-11(21)3-6-17(14)24-18(13)19(25)15-10-12(22)4-5-16(15)23;1-12(2)13-3-5-14(6-4-13)19-20-16(9-10-22-19)17-11-15(21)7-8-18(17)23-20;21-9-11-26-20(25)24-10-8-15-16-12-14(22)6-7-17(16)23-18(15)19(24)13-4-2-1-3-5-13;1-27-19(24)22-9-8-14-15-10-12(20)4-7-16(15)21-17(14)18(22)11-2-5-13(6-3-11)23(25)26/h3-6,9-10,20,23H,2,7-8,11H2,1H3;3-6,9-10,19,24H,2,7-8H2,1H3;3-8,11-12,19,22-23H,9-10H2,1-2H3;1-7,12,19,23H,8-11H2;2-7,10,18,21H,8-9H2,1H3. The van der Waals surface area contributed by atoms with E-state index in [0.29, 0.717) is 83.8 Å². The molecule has 131 heavy (non-hydrogen) atoms. The van der Waals surface area contributed by atoms with Crippen LogP contribution >= 0.6 is 78.3 Å². The van der Waals surface area contributed by atoms with Crippen LogP contribution in [0.3, 0.4) is 0 Å². The Morgan fingerprint density at radius 1 is 0.473 bits per heavy atom. The van der Waals surface area contributed by atoms with Gasteiger partial charge in [-0.15, -0.1) is 11.6 Å². The van der Waals surface area contributed by atoms with Gasteiger partial charge in [-0.25, -0.2) is 28.0 Å². The number of carbonyl (C=O) groups is 4. The molecule has 0 bridgehead atoms. The van der Waals surface area contributed by atoms with Crippen molar-refractivity contribution >= 4 is 163 Å². The van der Waals surface area contributed by atoms with E-state index in [-0.39, 0.29) is 67.4 Å². The minimum atomic E-state index is -0.783. The Bertz CT molecular complexity index is 6830. The van der Waals surface area contributed by atoms with Crippen LogP contribution < -0.4 is 14.8 Å². The molecule has 0 radical (unpaired) electrons. The van der Waals surface area contributed by atoms with Crippen LogP contribution in [0.25, 0.3) is 54.5 Å².